The predicted octanol–water partition coefficient (Wildman–Crippen LogP) is 4.59. The van der Waals surface area contributed by atoms with Crippen molar-refractivity contribution in [3.63, 3.8) is 0 Å². The van der Waals surface area contributed by atoms with Crippen LogP contribution in [0.3, 0.4) is 0 Å². The van der Waals surface area contributed by atoms with Crippen molar-refractivity contribution in [2.24, 2.45) is 5.92 Å². The Bertz CT molecular complexity index is 884. The van der Waals surface area contributed by atoms with Gasteiger partial charge in [0.05, 0.1) is 24.3 Å². The zero-order valence-corrected chi connectivity index (χ0v) is 19.5. The first kappa shape index (κ1) is 24.6. The first-order chi connectivity index (χ1) is 15.4. The largest absolute Gasteiger partial charge is 0.472 e. The summed E-state index contributed by atoms with van der Waals surface area (Å²) in [6.07, 6.45) is -1.89. The first-order valence-electron chi connectivity index (χ1n) is 11.1. The molecule has 3 aliphatic heterocycles. The number of nitrogens with zero attached hydrogens (tertiary/aromatic N) is 2. The number of hydrogen-bond donors (Lipinski definition) is 0. The predicted molar refractivity (Wildman–Crippen MR) is 114 cm³/mol. The number of benzene rings is 1. The average molecular weight is 494 g/mol. The molecule has 0 saturated carbocycles. The highest BCUT2D eigenvalue weighted by Gasteiger charge is 2.40. The van der Waals surface area contributed by atoms with E-state index in [2.05, 4.69) is 11.8 Å². The molecule has 11 heteroatoms. The van der Waals surface area contributed by atoms with Crippen LogP contribution < -0.4 is 4.74 Å². The highest BCUT2D eigenvalue weighted by molar-refractivity contribution is 7.17. The molecule has 2 fully saturated rings. The average Bonchev–Trinajstić information content (AvgIpc) is 2.76. The van der Waals surface area contributed by atoms with Crippen LogP contribution in [-0.4, -0.2) is 54.3 Å². The molecule has 0 aromatic heterocycles. The van der Waals surface area contributed by atoms with Gasteiger partial charge in [-0.3, -0.25) is 9.69 Å². The van der Waals surface area contributed by atoms with Crippen molar-refractivity contribution in [3.8, 4) is 5.75 Å². The summed E-state index contributed by atoms with van der Waals surface area (Å²) >= 11 is 0. The number of alkyl halides is 5. The van der Waals surface area contributed by atoms with Gasteiger partial charge in [-0.05, 0) is 50.3 Å². The fraction of sp³-hybridized carbons (Fsp3) is 0.682. The van der Waals surface area contributed by atoms with Gasteiger partial charge in [0.2, 0.25) is 0 Å². The van der Waals surface area contributed by atoms with Crippen LogP contribution in [0.2, 0.25) is 0 Å². The van der Waals surface area contributed by atoms with Gasteiger partial charge in [-0.2, -0.15) is 22.0 Å². The van der Waals surface area contributed by atoms with E-state index in [9.17, 15) is 26.7 Å². The molecule has 4 rings (SSSR count). The molecule has 1 aromatic rings. The van der Waals surface area contributed by atoms with Crippen LogP contribution in [0, 0.1) is 5.92 Å². The third-order valence-electron chi connectivity index (χ3n) is 6.62. The van der Waals surface area contributed by atoms with Gasteiger partial charge in [0.1, 0.15) is 11.9 Å². The van der Waals surface area contributed by atoms with E-state index in [0.29, 0.717) is 25.0 Å². The topological polar surface area (TPSA) is 42.0 Å². The van der Waals surface area contributed by atoms with E-state index in [1.165, 1.54) is 20.6 Å². The molecular formula is C22H28F5N2O3P. The number of rotatable bonds is 3. The molecule has 4 atom stereocenters. The molecule has 0 aliphatic carbocycles. The lowest BCUT2D eigenvalue weighted by atomic mass is 9.95. The highest BCUT2D eigenvalue weighted by Crippen LogP contribution is 2.46. The minimum Gasteiger partial charge on any atom is -0.472 e. The smallest absolute Gasteiger partial charge is 0.416 e. The molecule has 1 aromatic carbocycles. The molecule has 0 N–H and O–H groups in total. The molecule has 5 nitrogen and oxygen atoms in total. The Balaban J connectivity index is 1.45. The quantitative estimate of drug-likeness (QED) is 0.456. The van der Waals surface area contributed by atoms with E-state index in [1.54, 1.807) is 0 Å². The van der Waals surface area contributed by atoms with Crippen LogP contribution in [0.4, 0.5) is 22.0 Å². The van der Waals surface area contributed by atoms with Gasteiger partial charge in [-0.25, -0.2) is 0 Å². The maximum absolute atomic E-state index is 14.0. The Hall–Kier alpha value is -1.51. The Morgan fingerprint density at radius 2 is 1.91 bits per heavy atom. The van der Waals surface area contributed by atoms with Gasteiger partial charge in [0.15, 0.2) is 6.73 Å². The Morgan fingerprint density at radius 1 is 1.15 bits per heavy atom. The van der Waals surface area contributed by atoms with Crippen molar-refractivity contribution in [3.05, 3.63) is 28.8 Å². The van der Waals surface area contributed by atoms with Gasteiger partial charge in [-0.15, -0.1) is 0 Å². The molecular weight excluding hydrogens is 466 g/mol. The van der Waals surface area contributed by atoms with Gasteiger partial charge >= 0.3 is 6.18 Å². The third kappa shape index (κ3) is 5.43. The van der Waals surface area contributed by atoms with Crippen LogP contribution in [0.5, 0.6) is 5.75 Å². The molecule has 0 spiro atoms. The van der Waals surface area contributed by atoms with Crippen LogP contribution in [0.25, 0.3) is 0 Å². The summed E-state index contributed by atoms with van der Waals surface area (Å²) in [5.74, 6) is -0.0809. The summed E-state index contributed by atoms with van der Waals surface area (Å²) in [6, 6.07) is 1.41. The van der Waals surface area contributed by atoms with Gasteiger partial charge < -0.3 is 14.4 Å². The summed E-state index contributed by atoms with van der Waals surface area (Å²) in [5, 5.41) is 0. The number of carbonyl (C=O) groups excluding carboxylic acids is 1. The molecule has 0 radical (unpaired) electrons. The Morgan fingerprint density at radius 3 is 2.52 bits per heavy atom. The number of piperidine rings is 1. The van der Waals surface area contributed by atoms with Crippen molar-refractivity contribution in [1.29, 1.82) is 0 Å². The Labute approximate surface area is 191 Å². The minimum atomic E-state index is -4.81. The molecule has 1 unspecified atom stereocenters. The van der Waals surface area contributed by atoms with Crippen molar-refractivity contribution >= 4 is 15.1 Å². The summed E-state index contributed by atoms with van der Waals surface area (Å²) in [6.45, 7) is 4.08. The van der Waals surface area contributed by atoms with E-state index in [-0.39, 0.29) is 30.6 Å². The SMILES string of the molecule is C[C@@H]1CCCN([C@@H]2CC[C@H](C(=O)N3COc4c(cc(C(F)(F)F)cc4C(F)(F)P)C3)OC2)C1. The molecule has 33 heavy (non-hydrogen) atoms. The molecule has 0 bridgehead atoms. The van der Waals surface area contributed by atoms with Crippen LogP contribution >= 0.6 is 9.24 Å². The van der Waals surface area contributed by atoms with E-state index >= 15 is 0 Å². The van der Waals surface area contributed by atoms with E-state index in [0.717, 1.165) is 32.0 Å². The molecule has 1 amide bonds. The number of amides is 1. The maximum Gasteiger partial charge on any atom is 0.416 e. The standard InChI is InChI=1S/C22H28F5N2O3P/c1-13-3-2-6-28(9-13)16-4-5-18(31-11-16)20(30)29-10-14-7-15(21(23,24)25)8-17(22(26,27)33)19(14)32-12-29/h7-8,13,16,18H,2-6,9-12,33H2,1H3/t13-,16-,18-/m1/s1. The lowest BCUT2D eigenvalue weighted by Crippen LogP contribution is -2.51. The number of hydrogen-bond acceptors (Lipinski definition) is 4. The van der Waals surface area contributed by atoms with E-state index in [1.807, 2.05) is 0 Å². The Kier molecular flexibility index (Phi) is 6.91. The van der Waals surface area contributed by atoms with Crippen LogP contribution in [0.15, 0.2) is 12.1 Å². The van der Waals surface area contributed by atoms with Crippen molar-refractivity contribution in [1.82, 2.24) is 9.80 Å². The van der Waals surface area contributed by atoms with E-state index < -0.39 is 35.0 Å². The molecule has 2 saturated heterocycles. The lowest BCUT2D eigenvalue weighted by Gasteiger charge is -2.41. The highest BCUT2D eigenvalue weighted by atomic mass is 31.0. The van der Waals surface area contributed by atoms with Crippen molar-refractivity contribution in [2.45, 2.75) is 63.1 Å². The second-order valence-electron chi connectivity index (χ2n) is 9.24. The first-order valence-corrected chi connectivity index (χ1v) is 11.7. The summed E-state index contributed by atoms with van der Waals surface area (Å²) in [5.41, 5.74) is -5.77. The van der Waals surface area contributed by atoms with Crippen LogP contribution in [0.1, 0.15) is 49.3 Å². The monoisotopic (exact) mass is 494 g/mol. The molecule has 184 valence electrons. The van der Waals surface area contributed by atoms with Crippen LogP contribution in [-0.2, 0) is 27.9 Å². The van der Waals surface area contributed by atoms with Crippen molar-refractivity contribution < 1.29 is 36.2 Å². The van der Waals surface area contributed by atoms with Gasteiger partial charge in [0, 0.05) is 18.2 Å². The fourth-order valence-electron chi connectivity index (χ4n) is 4.90. The zero-order chi connectivity index (χ0) is 24.0. The molecule has 3 aliphatic rings. The number of likely N-dealkylation sites (tertiary alicyclic amines) is 1. The third-order valence-corrected chi connectivity index (χ3v) is 6.93. The van der Waals surface area contributed by atoms with Gasteiger partial charge in [0.25, 0.3) is 11.6 Å². The number of halogens is 5. The van der Waals surface area contributed by atoms with Crippen molar-refractivity contribution in [2.75, 3.05) is 26.4 Å². The summed E-state index contributed by atoms with van der Waals surface area (Å²) in [4.78, 5) is 16.6. The number of carbonyl (C=O) groups is 1. The minimum absolute atomic E-state index is 0.0995. The fourth-order valence-corrected chi connectivity index (χ4v) is 5.12. The lowest BCUT2D eigenvalue weighted by molar-refractivity contribution is -0.154. The van der Waals surface area contributed by atoms with Gasteiger partial charge in [-0.1, -0.05) is 16.2 Å². The van der Waals surface area contributed by atoms with E-state index in [4.69, 9.17) is 9.47 Å². The zero-order valence-electron chi connectivity index (χ0n) is 18.3. The normalized spacial score (nSPS) is 27.1. The summed E-state index contributed by atoms with van der Waals surface area (Å²) in [7, 11) is 1.24. The molecule has 3 heterocycles. The number of ether oxygens (including phenoxy) is 2. The second kappa shape index (κ2) is 9.27. The summed E-state index contributed by atoms with van der Waals surface area (Å²) < 4.78 is 79.1. The number of fused-ring (bicyclic) bond motifs is 1. The second-order valence-corrected chi connectivity index (χ2v) is 9.96. The maximum atomic E-state index is 14.0.